The van der Waals surface area contributed by atoms with Crippen molar-refractivity contribution >= 4 is 23.6 Å². The van der Waals surface area contributed by atoms with Crippen molar-refractivity contribution < 1.29 is 19.1 Å². The predicted octanol–water partition coefficient (Wildman–Crippen LogP) is 3.38. The average Bonchev–Trinajstić information content (AvgIpc) is 3.28. The van der Waals surface area contributed by atoms with E-state index in [-0.39, 0.29) is 11.8 Å². The number of ether oxygens (including phenoxy) is 1. The lowest BCUT2D eigenvalue weighted by Crippen LogP contribution is -2.55. The van der Waals surface area contributed by atoms with Crippen LogP contribution in [0.2, 0.25) is 0 Å². The van der Waals surface area contributed by atoms with Gasteiger partial charge >= 0.3 is 6.09 Å². The summed E-state index contributed by atoms with van der Waals surface area (Å²) in [7, 11) is 0. The number of carbonyl (C=O) groups excluding carboxylic acids is 3. The van der Waals surface area contributed by atoms with E-state index in [1.165, 1.54) is 0 Å². The number of imidazole rings is 1. The summed E-state index contributed by atoms with van der Waals surface area (Å²) in [5.41, 5.74) is 1.04. The molecule has 4 rings (SSSR count). The van der Waals surface area contributed by atoms with Crippen LogP contribution in [-0.2, 0) is 20.7 Å². The zero-order valence-corrected chi connectivity index (χ0v) is 22.1. The Bertz CT molecular complexity index is 1150. The lowest BCUT2D eigenvalue weighted by atomic mass is 9.65. The van der Waals surface area contributed by atoms with Crippen LogP contribution >= 0.6 is 0 Å². The fraction of sp³-hybridized carbons (Fsp3) is 0.630. The summed E-state index contributed by atoms with van der Waals surface area (Å²) in [6.45, 7) is 10.6. The summed E-state index contributed by atoms with van der Waals surface area (Å²) in [6, 6.07) is 5.99. The van der Waals surface area contributed by atoms with E-state index >= 15 is 0 Å². The fourth-order valence-electron chi connectivity index (χ4n) is 5.42. The van der Waals surface area contributed by atoms with Crippen molar-refractivity contribution in [2.75, 3.05) is 19.6 Å². The van der Waals surface area contributed by atoms with Crippen LogP contribution in [-0.4, -0.2) is 63.0 Å². The number of hydrogen-bond donors (Lipinski definition) is 2. The standard InChI is InChI=1S/C27H39N5O4/c1-19-9-6-10-21-30-20(17-31(19)21)11-16-32-23(34)27(12-7-13-27)18-26(32,5)22(33)28-14-8-15-29-24(35)36-25(2,3)4/h6,9-10,17H,7-8,11-16,18H2,1-5H3,(H,28,33)(H,29,35). The monoisotopic (exact) mass is 497 g/mol. The Morgan fingerprint density at radius 1 is 1.17 bits per heavy atom. The molecule has 1 saturated heterocycles. The third kappa shape index (κ3) is 5.20. The Balaban J connectivity index is 1.36. The number of amides is 3. The molecular formula is C27H39N5O4. The molecule has 9 heteroatoms. The van der Waals surface area contributed by atoms with E-state index in [1.807, 2.05) is 63.4 Å². The van der Waals surface area contributed by atoms with Crippen LogP contribution in [0.4, 0.5) is 4.79 Å². The molecule has 2 fully saturated rings. The van der Waals surface area contributed by atoms with Crippen molar-refractivity contribution in [3.8, 4) is 0 Å². The predicted molar refractivity (Wildman–Crippen MR) is 137 cm³/mol. The van der Waals surface area contributed by atoms with E-state index in [0.29, 0.717) is 38.9 Å². The molecule has 1 atom stereocenters. The minimum absolute atomic E-state index is 0.0953. The first-order chi connectivity index (χ1) is 16.9. The molecule has 1 unspecified atom stereocenters. The van der Waals surface area contributed by atoms with Crippen molar-refractivity contribution in [1.29, 1.82) is 0 Å². The summed E-state index contributed by atoms with van der Waals surface area (Å²) >= 11 is 0. The molecular weight excluding hydrogens is 458 g/mol. The van der Waals surface area contributed by atoms with Gasteiger partial charge in [0.2, 0.25) is 11.8 Å². The molecule has 3 amide bonds. The molecule has 2 aromatic rings. The van der Waals surface area contributed by atoms with E-state index in [1.54, 1.807) is 4.90 Å². The molecule has 0 radical (unpaired) electrons. The van der Waals surface area contributed by atoms with Gasteiger partial charge < -0.3 is 24.7 Å². The topological polar surface area (TPSA) is 105 Å². The van der Waals surface area contributed by atoms with Crippen molar-refractivity contribution in [3.63, 3.8) is 0 Å². The summed E-state index contributed by atoms with van der Waals surface area (Å²) < 4.78 is 7.28. The highest BCUT2D eigenvalue weighted by molar-refractivity contribution is 5.97. The summed E-state index contributed by atoms with van der Waals surface area (Å²) in [4.78, 5) is 45.2. The van der Waals surface area contributed by atoms with Crippen LogP contribution in [0.5, 0.6) is 0 Å². The largest absolute Gasteiger partial charge is 0.444 e. The highest BCUT2D eigenvalue weighted by Gasteiger charge is 2.62. The minimum Gasteiger partial charge on any atom is -0.444 e. The van der Waals surface area contributed by atoms with Gasteiger partial charge in [0.25, 0.3) is 0 Å². The molecule has 2 aromatic heterocycles. The number of aryl methyl sites for hydroxylation is 1. The maximum absolute atomic E-state index is 13.5. The quantitative estimate of drug-likeness (QED) is 0.544. The molecule has 196 valence electrons. The molecule has 0 bridgehead atoms. The van der Waals surface area contributed by atoms with Crippen LogP contribution < -0.4 is 10.6 Å². The number of nitrogens with one attached hydrogen (secondary N) is 2. The second-order valence-corrected chi connectivity index (χ2v) is 11.5. The smallest absolute Gasteiger partial charge is 0.407 e. The van der Waals surface area contributed by atoms with E-state index < -0.39 is 22.6 Å². The molecule has 1 aliphatic carbocycles. The Kier molecular flexibility index (Phi) is 7.03. The minimum atomic E-state index is -0.898. The first kappa shape index (κ1) is 26.0. The van der Waals surface area contributed by atoms with E-state index in [0.717, 1.165) is 36.3 Å². The summed E-state index contributed by atoms with van der Waals surface area (Å²) in [5.74, 6) is -0.0410. The first-order valence-corrected chi connectivity index (χ1v) is 12.9. The highest BCUT2D eigenvalue weighted by atomic mass is 16.6. The second-order valence-electron chi connectivity index (χ2n) is 11.5. The molecule has 2 N–H and O–H groups in total. The van der Waals surface area contributed by atoms with E-state index in [4.69, 9.17) is 9.72 Å². The van der Waals surface area contributed by atoms with Crippen molar-refractivity contribution in [2.24, 2.45) is 5.41 Å². The zero-order chi connectivity index (χ0) is 26.1. The molecule has 1 aliphatic heterocycles. The number of carbonyl (C=O) groups is 3. The van der Waals surface area contributed by atoms with Crippen molar-refractivity contribution in [3.05, 3.63) is 35.8 Å². The first-order valence-electron chi connectivity index (χ1n) is 12.9. The normalized spacial score (nSPS) is 21.0. The Morgan fingerprint density at radius 3 is 2.53 bits per heavy atom. The van der Waals surface area contributed by atoms with Crippen LogP contribution in [0.1, 0.15) is 71.2 Å². The number of rotatable bonds is 8. The van der Waals surface area contributed by atoms with Gasteiger partial charge in [0.1, 0.15) is 16.8 Å². The van der Waals surface area contributed by atoms with Gasteiger partial charge in [0.05, 0.1) is 11.1 Å². The average molecular weight is 498 g/mol. The number of aromatic nitrogens is 2. The maximum Gasteiger partial charge on any atom is 0.407 e. The number of nitrogens with zero attached hydrogens (tertiary/aromatic N) is 3. The SMILES string of the molecule is Cc1cccc2nc(CCN3C(=O)C4(CCC4)CC3(C)C(=O)NCCCNC(=O)OC(C)(C)C)cn12. The molecule has 3 heterocycles. The number of likely N-dealkylation sites (tertiary alicyclic amines) is 1. The van der Waals surface area contributed by atoms with Crippen LogP contribution in [0.25, 0.3) is 5.65 Å². The highest BCUT2D eigenvalue weighted by Crippen LogP contribution is 2.54. The maximum atomic E-state index is 13.5. The number of hydrogen-bond acceptors (Lipinski definition) is 5. The summed E-state index contributed by atoms with van der Waals surface area (Å²) in [6.07, 6.45) is 5.97. The van der Waals surface area contributed by atoms with Gasteiger partial charge in [-0.25, -0.2) is 9.78 Å². The van der Waals surface area contributed by atoms with Crippen molar-refractivity contribution in [2.45, 2.75) is 84.3 Å². The van der Waals surface area contributed by atoms with Gasteiger partial charge in [0, 0.05) is 37.9 Å². The number of fused-ring (bicyclic) bond motifs is 1. The third-order valence-corrected chi connectivity index (χ3v) is 7.42. The zero-order valence-electron chi connectivity index (χ0n) is 22.1. The molecule has 36 heavy (non-hydrogen) atoms. The lowest BCUT2D eigenvalue weighted by Gasteiger charge is -2.36. The Hall–Kier alpha value is -3.10. The van der Waals surface area contributed by atoms with Gasteiger partial charge in [-0.3, -0.25) is 9.59 Å². The van der Waals surface area contributed by atoms with Crippen LogP contribution in [0, 0.1) is 12.3 Å². The van der Waals surface area contributed by atoms with E-state index in [9.17, 15) is 14.4 Å². The second kappa shape index (κ2) is 9.75. The number of pyridine rings is 1. The van der Waals surface area contributed by atoms with Crippen LogP contribution in [0.3, 0.4) is 0 Å². The van der Waals surface area contributed by atoms with Crippen molar-refractivity contribution in [1.82, 2.24) is 24.9 Å². The molecule has 1 saturated carbocycles. The van der Waals surface area contributed by atoms with Crippen LogP contribution in [0.15, 0.2) is 24.4 Å². The Labute approximate surface area is 213 Å². The third-order valence-electron chi connectivity index (χ3n) is 7.42. The molecule has 0 aromatic carbocycles. The summed E-state index contributed by atoms with van der Waals surface area (Å²) in [5, 5.41) is 5.71. The van der Waals surface area contributed by atoms with Gasteiger partial charge in [-0.15, -0.1) is 0 Å². The molecule has 2 aliphatic rings. The van der Waals surface area contributed by atoms with Gasteiger partial charge in [-0.2, -0.15) is 0 Å². The fourth-order valence-corrected chi connectivity index (χ4v) is 5.42. The Morgan fingerprint density at radius 2 is 1.89 bits per heavy atom. The lowest BCUT2D eigenvalue weighted by molar-refractivity contribution is -0.145. The van der Waals surface area contributed by atoms with E-state index in [2.05, 4.69) is 10.6 Å². The molecule has 9 nitrogen and oxygen atoms in total. The number of alkyl carbamates (subject to hydrolysis) is 1. The molecule has 1 spiro atoms. The van der Waals surface area contributed by atoms with Gasteiger partial charge in [0.15, 0.2) is 0 Å². The van der Waals surface area contributed by atoms with Gasteiger partial charge in [-0.05, 0) is 72.4 Å². The van der Waals surface area contributed by atoms with Gasteiger partial charge in [-0.1, -0.05) is 12.5 Å².